The van der Waals surface area contributed by atoms with E-state index in [9.17, 15) is 18.0 Å². The van der Waals surface area contributed by atoms with Crippen LogP contribution in [0, 0.1) is 0 Å². The maximum atomic E-state index is 12.2. The summed E-state index contributed by atoms with van der Waals surface area (Å²) >= 11 is 0. The molecular weight excluding hydrogens is 397 g/mol. The van der Waals surface area contributed by atoms with E-state index in [-0.39, 0.29) is 5.75 Å². The molecule has 0 aliphatic heterocycles. The van der Waals surface area contributed by atoms with Gasteiger partial charge in [-0.05, 0) is 54.1 Å². The number of ether oxygens (including phenoxy) is 1. The van der Waals surface area contributed by atoms with E-state index in [2.05, 4.69) is 25.3 Å². The number of nitrogens with zero attached hydrogens (tertiary/aromatic N) is 1. The van der Waals surface area contributed by atoms with E-state index in [1.165, 1.54) is 12.1 Å². The summed E-state index contributed by atoms with van der Waals surface area (Å²) in [6.45, 7) is 0. The third kappa shape index (κ3) is 4.52. The zero-order valence-corrected chi connectivity index (χ0v) is 15.3. The van der Waals surface area contributed by atoms with Gasteiger partial charge in [0.15, 0.2) is 0 Å². The Kier molecular flexibility index (Phi) is 5.01. The molecule has 0 aliphatic carbocycles. The van der Waals surface area contributed by atoms with Gasteiger partial charge in [0.1, 0.15) is 11.4 Å². The molecule has 0 aliphatic rings. The highest BCUT2D eigenvalue weighted by molar-refractivity contribution is 6.00. The molecule has 0 fully saturated rings. The van der Waals surface area contributed by atoms with Crippen LogP contribution in [0.2, 0.25) is 0 Å². The monoisotopic (exact) mass is 412 g/mol. The normalized spacial score (nSPS) is 11.3. The summed E-state index contributed by atoms with van der Waals surface area (Å²) in [4.78, 5) is 19.5. The van der Waals surface area contributed by atoms with Crippen LogP contribution in [-0.2, 0) is 0 Å². The van der Waals surface area contributed by atoms with Gasteiger partial charge in [-0.1, -0.05) is 12.1 Å². The average Bonchev–Trinajstić information content (AvgIpc) is 3.13. The third-order valence-corrected chi connectivity index (χ3v) is 4.25. The molecular formula is C21H15F3N4O2. The maximum Gasteiger partial charge on any atom is 0.573 e. The molecule has 9 heteroatoms. The van der Waals surface area contributed by atoms with Crippen LogP contribution in [0.1, 0.15) is 0 Å². The Hall–Kier alpha value is -4.01. The molecule has 0 spiro atoms. The molecule has 4 aromatic rings. The molecule has 2 aromatic carbocycles. The first-order valence-corrected chi connectivity index (χ1v) is 8.84. The van der Waals surface area contributed by atoms with Crippen LogP contribution < -0.4 is 15.4 Å². The first-order chi connectivity index (χ1) is 14.4. The van der Waals surface area contributed by atoms with Gasteiger partial charge < -0.3 is 20.4 Å². The molecule has 6 nitrogen and oxygen atoms in total. The minimum absolute atomic E-state index is 0.324. The number of carbonyl (C=O) groups is 1. The molecule has 0 saturated carbocycles. The van der Waals surface area contributed by atoms with Crippen molar-refractivity contribution < 1.29 is 22.7 Å². The van der Waals surface area contributed by atoms with Gasteiger partial charge in [0.05, 0.1) is 0 Å². The Morgan fingerprint density at radius 3 is 2.20 bits per heavy atom. The second-order valence-electron chi connectivity index (χ2n) is 6.33. The van der Waals surface area contributed by atoms with Crippen LogP contribution in [0.4, 0.5) is 29.3 Å². The quantitative estimate of drug-likeness (QED) is 0.398. The fourth-order valence-corrected chi connectivity index (χ4v) is 2.96. The topological polar surface area (TPSA) is 79.0 Å². The van der Waals surface area contributed by atoms with E-state index in [1.807, 2.05) is 30.5 Å². The largest absolute Gasteiger partial charge is 0.573 e. The van der Waals surface area contributed by atoms with Crippen molar-refractivity contribution in [2.75, 3.05) is 10.6 Å². The average molecular weight is 412 g/mol. The number of hydrogen-bond acceptors (Lipinski definition) is 3. The van der Waals surface area contributed by atoms with Crippen molar-refractivity contribution in [2.45, 2.75) is 6.36 Å². The number of hydrogen-bond donors (Lipinski definition) is 3. The van der Waals surface area contributed by atoms with E-state index in [0.717, 1.165) is 34.3 Å². The van der Waals surface area contributed by atoms with Crippen molar-refractivity contribution in [3.05, 3.63) is 73.1 Å². The number of pyridine rings is 1. The second kappa shape index (κ2) is 7.78. The number of carbonyl (C=O) groups excluding carboxylic acids is 1. The van der Waals surface area contributed by atoms with Gasteiger partial charge in [-0.25, -0.2) is 9.78 Å². The Labute approximate surface area is 168 Å². The van der Waals surface area contributed by atoms with Gasteiger partial charge >= 0.3 is 12.4 Å². The van der Waals surface area contributed by atoms with Crippen molar-refractivity contribution >= 4 is 28.4 Å². The van der Waals surface area contributed by atoms with Crippen molar-refractivity contribution in [1.29, 1.82) is 0 Å². The number of anilines is 2. The molecule has 0 radical (unpaired) electrons. The predicted octanol–water partition coefficient (Wildman–Crippen LogP) is 5.77. The molecule has 3 N–H and O–H groups in total. The van der Waals surface area contributed by atoms with E-state index < -0.39 is 12.4 Å². The first-order valence-electron chi connectivity index (χ1n) is 8.84. The van der Waals surface area contributed by atoms with Crippen LogP contribution >= 0.6 is 0 Å². The van der Waals surface area contributed by atoms with Crippen molar-refractivity contribution in [1.82, 2.24) is 9.97 Å². The SMILES string of the molecule is O=C(Nc1ccc(OC(F)(F)F)cc1)Nc1ccc(-c2c[nH]c3ncccc23)cc1. The lowest BCUT2D eigenvalue weighted by molar-refractivity contribution is -0.274. The molecule has 2 heterocycles. The van der Waals surface area contributed by atoms with Crippen LogP contribution in [-0.4, -0.2) is 22.4 Å². The van der Waals surface area contributed by atoms with Gasteiger partial charge in [0.25, 0.3) is 0 Å². The fourth-order valence-electron chi connectivity index (χ4n) is 2.96. The molecule has 152 valence electrons. The first kappa shape index (κ1) is 19.3. The molecule has 0 bridgehead atoms. The van der Waals surface area contributed by atoms with Gasteiger partial charge in [-0.2, -0.15) is 0 Å². The summed E-state index contributed by atoms with van der Waals surface area (Å²) in [7, 11) is 0. The Morgan fingerprint density at radius 2 is 1.57 bits per heavy atom. The van der Waals surface area contributed by atoms with Gasteiger partial charge in [-0.3, -0.25) is 0 Å². The standard InChI is InChI=1S/C21H15F3N4O2/c22-21(23,24)30-16-9-7-15(8-10-16)28-20(29)27-14-5-3-13(4-6-14)18-12-26-19-17(18)2-1-11-25-19/h1-12H,(H,25,26)(H2,27,28,29). The van der Waals surface area contributed by atoms with Gasteiger partial charge in [-0.15, -0.1) is 13.2 Å². The summed E-state index contributed by atoms with van der Waals surface area (Å²) in [5.41, 5.74) is 3.63. The lowest BCUT2D eigenvalue weighted by atomic mass is 10.1. The Bertz CT molecular complexity index is 1170. The predicted molar refractivity (Wildman–Crippen MR) is 107 cm³/mol. The Balaban J connectivity index is 1.39. The van der Waals surface area contributed by atoms with Crippen LogP contribution in [0.25, 0.3) is 22.2 Å². The van der Waals surface area contributed by atoms with Crippen molar-refractivity contribution in [3.63, 3.8) is 0 Å². The van der Waals surface area contributed by atoms with Crippen LogP contribution in [0.5, 0.6) is 5.75 Å². The van der Waals surface area contributed by atoms with Crippen LogP contribution in [0.15, 0.2) is 73.1 Å². The number of nitrogens with one attached hydrogen (secondary N) is 3. The molecule has 0 unspecified atom stereocenters. The number of amides is 2. The molecule has 2 amide bonds. The summed E-state index contributed by atoms with van der Waals surface area (Å²) in [5.74, 6) is -0.364. The summed E-state index contributed by atoms with van der Waals surface area (Å²) in [6, 6.07) is 15.4. The fraction of sp³-hybridized carbons (Fsp3) is 0.0476. The second-order valence-corrected chi connectivity index (χ2v) is 6.33. The number of alkyl halides is 3. The van der Waals surface area contributed by atoms with Crippen molar-refractivity contribution in [3.8, 4) is 16.9 Å². The zero-order chi connectivity index (χ0) is 21.1. The van der Waals surface area contributed by atoms with Gasteiger partial charge in [0, 0.05) is 34.7 Å². The number of urea groups is 1. The number of aromatic nitrogens is 2. The summed E-state index contributed by atoms with van der Waals surface area (Å²) in [6.07, 6.45) is -1.17. The number of H-pyrrole nitrogens is 1. The smallest absolute Gasteiger partial charge is 0.406 e. The third-order valence-electron chi connectivity index (χ3n) is 4.25. The summed E-state index contributed by atoms with van der Waals surface area (Å²) < 4.78 is 40.3. The highest BCUT2D eigenvalue weighted by atomic mass is 19.4. The number of benzene rings is 2. The van der Waals surface area contributed by atoms with Gasteiger partial charge in [0.2, 0.25) is 0 Å². The minimum Gasteiger partial charge on any atom is -0.406 e. The highest BCUT2D eigenvalue weighted by Crippen LogP contribution is 2.28. The van der Waals surface area contributed by atoms with Crippen LogP contribution in [0.3, 0.4) is 0 Å². The molecule has 4 rings (SSSR count). The zero-order valence-electron chi connectivity index (χ0n) is 15.3. The number of halogens is 3. The number of aromatic amines is 1. The molecule has 0 saturated heterocycles. The molecule has 0 atom stereocenters. The maximum absolute atomic E-state index is 12.2. The molecule has 30 heavy (non-hydrogen) atoms. The number of rotatable bonds is 4. The van der Waals surface area contributed by atoms with E-state index >= 15 is 0 Å². The van der Waals surface area contributed by atoms with E-state index in [0.29, 0.717) is 11.4 Å². The highest BCUT2D eigenvalue weighted by Gasteiger charge is 2.30. The Morgan fingerprint density at radius 1 is 0.933 bits per heavy atom. The lowest BCUT2D eigenvalue weighted by Gasteiger charge is -2.11. The summed E-state index contributed by atoms with van der Waals surface area (Å²) in [5, 5.41) is 6.21. The van der Waals surface area contributed by atoms with E-state index in [1.54, 1.807) is 18.3 Å². The minimum atomic E-state index is -4.76. The lowest BCUT2D eigenvalue weighted by Crippen LogP contribution is -2.19. The molecule has 2 aromatic heterocycles. The number of fused-ring (bicyclic) bond motifs is 1. The van der Waals surface area contributed by atoms with Crippen molar-refractivity contribution in [2.24, 2.45) is 0 Å². The van der Waals surface area contributed by atoms with E-state index in [4.69, 9.17) is 0 Å².